The van der Waals surface area contributed by atoms with Crippen molar-refractivity contribution in [3.63, 3.8) is 0 Å². The van der Waals surface area contributed by atoms with Crippen LogP contribution in [0.2, 0.25) is 0 Å². The van der Waals surface area contributed by atoms with Crippen LogP contribution in [0.1, 0.15) is 12.8 Å². The van der Waals surface area contributed by atoms with Gasteiger partial charge < -0.3 is 9.64 Å². The molecule has 0 aliphatic heterocycles. The summed E-state index contributed by atoms with van der Waals surface area (Å²) in [5.41, 5.74) is 1.19. The van der Waals surface area contributed by atoms with Crippen LogP contribution in [0, 0.1) is 0 Å². The van der Waals surface area contributed by atoms with Gasteiger partial charge in [0.2, 0.25) is 0 Å². The minimum absolute atomic E-state index is 1.00. The molecule has 1 aliphatic rings. The third-order valence-corrected chi connectivity index (χ3v) is 1.79. The van der Waals surface area contributed by atoms with Crippen molar-refractivity contribution in [2.24, 2.45) is 0 Å². The normalized spacial score (nSPS) is 17.0. The van der Waals surface area contributed by atoms with Crippen molar-refractivity contribution >= 4 is 0 Å². The fourth-order valence-corrected chi connectivity index (χ4v) is 1.23. The number of hydrogen-bond donors (Lipinski definition) is 0. The number of ether oxygens (including phenoxy) is 1. The lowest BCUT2D eigenvalue weighted by Gasteiger charge is -2.21. The summed E-state index contributed by atoms with van der Waals surface area (Å²) >= 11 is 0. The molecule has 0 fully saturated rings. The van der Waals surface area contributed by atoms with E-state index in [-0.39, 0.29) is 0 Å². The summed E-state index contributed by atoms with van der Waals surface area (Å²) in [7, 11) is 5.78. The van der Waals surface area contributed by atoms with Gasteiger partial charge in [-0.05, 0) is 18.9 Å². The van der Waals surface area contributed by atoms with E-state index >= 15 is 0 Å². The molecule has 1 rings (SSSR count). The lowest BCUT2D eigenvalue weighted by Crippen LogP contribution is -2.15. The molecule has 0 aromatic rings. The third-order valence-electron chi connectivity index (χ3n) is 1.79. The molecule has 2 heteroatoms. The van der Waals surface area contributed by atoms with Crippen molar-refractivity contribution in [1.82, 2.24) is 4.90 Å². The molecule has 0 radical (unpaired) electrons. The first-order chi connectivity index (χ1) is 5.25. The second-order valence-electron chi connectivity index (χ2n) is 2.83. The van der Waals surface area contributed by atoms with Gasteiger partial charge in [0, 0.05) is 14.1 Å². The molecule has 0 amide bonds. The molecule has 0 N–H and O–H groups in total. The van der Waals surface area contributed by atoms with Crippen LogP contribution in [0.4, 0.5) is 0 Å². The first-order valence-corrected chi connectivity index (χ1v) is 3.87. The summed E-state index contributed by atoms with van der Waals surface area (Å²) in [6.07, 6.45) is 6.56. The molecule has 0 atom stereocenters. The lowest BCUT2D eigenvalue weighted by molar-refractivity contribution is 0.274. The molecule has 62 valence electrons. The van der Waals surface area contributed by atoms with Gasteiger partial charge in [-0.25, -0.2) is 0 Å². The van der Waals surface area contributed by atoms with E-state index in [0.29, 0.717) is 0 Å². The second-order valence-corrected chi connectivity index (χ2v) is 2.83. The van der Waals surface area contributed by atoms with Crippen LogP contribution in [0.5, 0.6) is 0 Å². The van der Waals surface area contributed by atoms with Crippen molar-refractivity contribution in [2.75, 3.05) is 21.2 Å². The summed E-state index contributed by atoms with van der Waals surface area (Å²) < 4.78 is 5.22. The Morgan fingerprint density at radius 3 is 2.36 bits per heavy atom. The fraction of sp³-hybridized carbons (Fsp3) is 0.556. The highest BCUT2D eigenvalue weighted by molar-refractivity contribution is 5.27. The van der Waals surface area contributed by atoms with Gasteiger partial charge in [-0.3, -0.25) is 0 Å². The van der Waals surface area contributed by atoms with Gasteiger partial charge in [0.15, 0.2) is 0 Å². The first-order valence-electron chi connectivity index (χ1n) is 3.87. The Morgan fingerprint density at radius 2 is 1.91 bits per heavy atom. The van der Waals surface area contributed by atoms with E-state index in [9.17, 15) is 0 Å². The van der Waals surface area contributed by atoms with Crippen molar-refractivity contribution in [1.29, 1.82) is 0 Å². The average molecular weight is 153 g/mol. The number of likely N-dealkylation sites (N-methyl/N-ethyl adjacent to an activating group) is 1. The van der Waals surface area contributed by atoms with E-state index in [1.165, 1.54) is 5.70 Å². The quantitative estimate of drug-likeness (QED) is 0.599. The molecule has 0 saturated heterocycles. The van der Waals surface area contributed by atoms with Crippen LogP contribution in [0.3, 0.4) is 0 Å². The van der Waals surface area contributed by atoms with E-state index in [0.717, 1.165) is 18.6 Å². The Balaban J connectivity index is 2.75. The smallest absolute Gasteiger partial charge is 0.137 e. The molecule has 0 spiro atoms. The zero-order chi connectivity index (χ0) is 8.27. The van der Waals surface area contributed by atoms with E-state index in [1.807, 2.05) is 14.1 Å². The van der Waals surface area contributed by atoms with Gasteiger partial charge in [-0.1, -0.05) is 6.08 Å². The topological polar surface area (TPSA) is 12.5 Å². The predicted octanol–water partition coefficient (Wildman–Crippen LogP) is 1.76. The highest BCUT2D eigenvalue weighted by Crippen LogP contribution is 2.20. The van der Waals surface area contributed by atoms with Gasteiger partial charge >= 0.3 is 0 Å². The molecule has 1 aliphatic carbocycles. The molecule has 0 aromatic carbocycles. The number of nitrogens with zero attached hydrogens (tertiary/aromatic N) is 1. The Bertz CT molecular complexity index is 192. The molecule has 0 heterocycles. The predicted molar refractivity (Wildman–Crippen MR) is 46.1 cm³/mol. The minimum atomic E-state index is 1.00. The van der Waals surface area contributed by atoms with Gasteiger partial charge in [0.05, 0.1) is 12.8 Å². The second kappa shape index (κ2) is 3.46. The minimum Gasteiger partial charge on any atom is -0.495 e. The molecule has 2 nitrogen and oxygen atoms in total. The van der Waals surface area contributed by atoms with Crippen LogP contribution in [-0.2, 0) is 4.74 Å². The maximum Gasteiger partial charge on any atom is 0.137 e. The lowest BCUT2D eigenvalue weighted by atomic mass is 10.1. The van der Waals surface area contributed by atoms with Crippen LogP contribution >= 0.6 is 0 Å². The molecular formula is C9H15NO. The van der Waals surface area contributed by atoms with E-state index in [1.54, 1.807) is 7.11 Å². The zero-order valence-electron chi connectivity index (χ0n) is 7.42. The van der Waals surface area contributed by atoms with E-state index in [2.05, 4.69) is 17.1 Å². The first kappa shape index (κ1) is 8.18. The van der Waals surface area contributed by atoms with Gasteiger partial charge in [-0.15, -0.1) is 0 Å². The largest absolute Gasteiger partial charge is 0.495 e. The Morgan fingerprint density at radius 1 is 1.27 bits per heavy atom. The zero-order valence-corrected chi connectivity index (χ0v) is 7.42. The van der Waals surface area contributed by atoms with Gasteiger partial charge in [-0.2, -0.15) is 0 Å². The van der Waals surface area contributed by atoms with E-state index in [4.69, 9.17) is 4.74 Å². The SMILES string of the molecule is COC1=CCCC=C1N(C)C. The highest BCUT2D eigenvalue weighted by atomic mass is 16.5. The van der Waals surface area contributed by atoms with Crippen molar-refractivity contribution < 1.29 is 4.74 Å². The van der Waals surface area contributed by atoms with Crippen LogP contribution < -0.4 is 0 Å². The molecule has 11 heavy (non-hydrogen) atoms. The summed E-state index contributed by atoms with van der Waals surface area (Å²) in [6, 6.07) is 0. The third kappa shape index (κ3) is 1.76. The van der Waals surface area contributed by atoms with Gasteiger partial charge in [0.25, 0.3) is 0 Å². The Hall–Kier alpha value is -0.920. The maximum atomic E-state index is 5.22. The van der Waals surface area contributed by atoms with E-state index < -0.39 is 0 Å². The van der Waals surface area contributed by atoms with Crippen LogP contribution in [0.15, 0.2) is 23.6 Å². The average Bonchev–Trinajstić information content (AvgIpc) is 2.04. The monoisotopic (exact) mass is 153 g/mol. The molecule has 0 bridgehead atoms. The van der Waals surface area contributed by atoms with Crippen molar-refractivity contribution in [2.45, 2.75) is 12.8 Å². The van der Waals surface area contributed by atoms with Crippen LogP contribution in [-0.4, -0.2) is 26.1 Å². The molecule has 0 aromatic heterocycles. The van der Waals surface area contributed by atoms with Gasteiger partial charge in [0.1, 0.15) is 5.76 Å². The Kier molecular flexibility index (Phi) is 2.58. The summed E-state index contributed by atoms with van der Waals surface area (Å²) in [6.45, 7) is 0. The molecule has 0 unspecified atom stereocenters. The summed E-state index contributed by atoms with van der Waals surface area (Å²) in [5.74, 6) is 1.00. The van der Waals surface area contributed by atoms with Crippen molar-refractivity contribution in [3.8, 4) is 0 Å². The summed E-state index contributed by atoms with van der Waals surface area (Å²) in [4.78, 5) is 2.08. The van der Waals surface area contributed by atoms with Crippen molar-refractivity contribution in [3.05, 3.63) is 23.6 Å². The standard InChI is InChI=1S/C9H15NO/c1-10(2)8-6-4-5-7-9(8)11-3/h6-7H,4-5H2,1-3H3. The maximum absolute atomic E-state index is 5.22. The number of methoxy groups -OCH3 is 1. The Labute approximate surface area is 68.1 Å². The fourth-order valence-electron chi connectivity index (χ4n) is 1.23. The van der Waals surface area contributed by atoms with Crippen LogP contribution in [0.25, 0.3) is 0 Å². The summed E-state index contributed by atoms with van der Waals surface area (Å²) in [5, 5.41) is 0. The molecule has 0 saturated carbocycles. The molecular weight excluding hydrogens is 138 g/mol. The highest BCUT2D eigenvalue weighted by Gasteiger charge is 2.09. The number of hydrogen-bond acceptors (Lipinski definition) is 2. The number of allylic oxidation sites excluding steroid dienone is 2. The number of rotatable bonds is 2.